The number of nitrogens with zero attached hydrogens (tertiary/aromatic N) is 7. The fourth-order valence-corrected chi connectivity index (χ4v) is 3.29. The van der Waals surface area contributed by atoms with E-state index >= 15 is 0 Å². The van der Waals surface area contributed by atoms with Crippen molar-refractivity contribution in [1.82, 2.24) is 34.8 Å². The third-order valence-electron chi connectivity index (χ3n) is 4.55. The van der Waals surface area contributed by atoms with Crippen molar-refractivity contribution in [3.63, 3.8) is 0 Å². The lowest BCUT2D eigenvalue weighted by Gasteiger charge is -2.32. The van der Waals surface area contributed by atoms with Gasteiger partial charge in [0.2, 0.25) is 5.89 Å². The maximum atomic E-state index is 5.20. The molecule has 0 spiro atoms. The number of piperidine rings is 1. The number of anilines is 1. The molecule has 0 radical (unpaired) electrons. The van der Waals surface area contributed by atoms with Crippen LogP contribution in [0.4, 0.5) is 5.82 Å². The number of aromatic nitrogens is 6. The predicted molar refractivity (Wildman–Crippen MR) is 91.9 cm³/mol. The number of likely N-dealkylation sites (tertiary alicyclic amines) is 1. The SMILES string of the molecule is CCc1nc(CN2CCC[C@H](Nc3ncnc4c3cnn4C)C2)no1. The zero-order valence-corrected chi connectivity index (χ0v) is 14.5. The predicted octanol–water partition coefficient (Wildman–Crippen LogP) is 1.39. The average Bonchev–Trinajstić information content (AvgIpc) is 3.23. The molecule has 25 heavy (non-hydrogen) atoms. The lowest BCUT2D eigenvalue weighted by molar-refractivity contribution is 0.201. The molecular formula is C16H22N8O. The van der Waals surface area contributed by atoms with Crippen molar-refractivity contribution in [1.29, 1.82) is 0 Å². The first-order chi connectivity index (χ1) is 12.2. The van der Waals surface area contributed by atoms with Crippen LogP contribution in [0.3, 0.4) is 0 Å². The summed E-state index contributed by atoms with van der Waals surface area (Å²) in [5.74, 6) is 2.30. The first kappa shape index (κ1) is 15.9. The third kappa shape index (κ3) is 3.32. The normalized spacial score (nSPS) is 18.7. The Kier molecular flexibility index (Phi) is 4.31. The number of aryl methyl sites for hydroxylation is 2. The van der Waals surface area contributed by atoms with Crippen molar-refractivity contribution in [3.8, 4) is 0 Å². The second kappa shape index (κ2) is 6.75. The van der Waals surface area contributed by atoms with Crippen LogP contribution in [-0.4, -0.2) is 53.9 Å². The first-order valence-electron chi connectivity index (χ1n) is 8.66. The van der Waals surface area contributed by atoms with Crippen molar-refractivity contribution < 1.29 is 4.52 Å². The molecule has 0 amide bonds. The van der Waals surface area contributed by atoms with Crippen molar-refractivity contribution >= 4 is 16.9 Å². The van der Waals surface area contributed by atoms with Gasteiger partial charge < -0.3 is 9.84 Å². The molecule has 9 heteroatoms. The summed E-state index contributed by atoms with van der Waals surface area (Å²) >= 11 is 0. The molecule has 132 valence electrons. The summed E-state index contributed by atoms with van der Waals surface area (Å²) in [6, 6.07) is 0.324. The van der Waals surface area contributed by atoms with E-state index in [1.54, 1.807) is 11.0 Å². The van der Waals surface area contributed by atoms with E-state index in [-0.39, 0.29) is 0 Å². The van der Waals surface area contributed by atoms with E-state index in [0.717, 1.165) is 55.0 Å². The third-order valence-corrected chi connectivity index (χ3v) is 4.55. The van der Waals surface area contributed by atoms with Gasteiger partial charge >= 0.3 is 0 Å². The van der Waals surface area contributed by atoms with Gasteiger partial charge in [-0.25, -0.2) is 9.97 Å². The van der Waals surface area contributed by atoms with Gasteiger partial charge in [0, 0.05) is 26.1 Å². The molecule has 1 saturated heterocycles. The smallest absolute Gasteiger partial charge is 0.226 e. The van der Waals surface area contributed by atoms with Gasteiger partial charge in [-0.3, -0.25) is 9.58 Å². The molecule has 9 nitrogen and oxygen atoms in total. The first-order valence-corrected chi connectivity index (χ1v) is 8.66. The standard InChI is InChI=1S/C16H22N8O/c1-3-14-21-13(22-25-14)9-24-6-4-5-11(8-24)20-15-12-7-19-23(2)16(12)18-10-17-15/h7,10-11H,3-6,8-9H2,1-2H3,(H,17,18,20)/t11-/m0/s1. The van der Waals surface area contributed by atoms with Gasteiger partial charge in [0.25, 0.3) is 0 Å². The van der Waals surface area contributed by atoms with Crippen LogP contribution in [-0.2, 0) is 20.0 Å². The van der Waals surface area contributed by atoms with E-state index in [1.807, 2.05) is 20.2 Å². The Morgan fingerprint density at radius 3 is 3.12 bits per heavy atom. The van der Waals surface area contributed by atoms with Gasteiger partial charge in [0.05, 0.1) is 18.1 Å². The second-order valence-electron chi connectivity index (χ2n) is 6.40. The fraction of sp³-hybridized carbons (Fsp3) is 0.562. The summed E-state index contributed by atoms with van der Waals surface area (Å²) in [6.07, 6.45) is 6.39. The highest BCUT2D eigenvalue weighted by Gasteiger charge is 2.22. The Morgan fingerprint density at radius 1 is 1.36 bits per heavy atom. The molecule has 1 fully saturated rings. The molecule has 0 aliphatic carbocycles. The lowest BCUT2D eigenvalue weighted by Crippen LogP contribution is -2.42. The zero-order chi connectivity index (χ0) is 17.2. The van der Waals surface area contributed by atoms with E-state index in [9.17, 15) is 0 Å². The topological polar surface area (TPSA) is 97.8 Å². The molecule has 4 rings (SSSR count). The molecule has 1 aliphatic rings. The molecule has 1 atom stereocenters. The molecular weight excluding hydrogens is 320 g/mol. The summed E-state index contributed by atoms with van der Waals surface area (Å²) < 4.78 is 6.96. The Bertz CT molecular complexity index is 857. The molecule has 3 aromatic heterocycles. The minimum atomic E-state index is 0.324. The van der Waals surface area contributed by atoms with Crippen LogP contribution in [0.1, 0.15) is 31.5 Å². The van der Waals surface area contributed by atoms with Crippen LogP contribution in [0.15, 0.2) is 17.0 Å². The molecule has 4 heterocycles. The van der Waals surface area contributed by atoms with Gasteiger partial charge in [-0.05, 0) is 19.4 Å². The van der Waals surface area contributed by atoms with Crippen molar-refractivity contribution in [2.75, 3.05) is 18.4 Å². The maximum Gasteiger partial charge on any atom is 0.226 e. The number of hydrogen-bond donors (Lipinski definition) is 1. The van der Waals surface area contributed by atoms with Gasteiger partial charge in [0.15, 0.2) is 11.5 Å². The molecule has 3 aromatic rings. The molecule has 1 N–H and O–H groups in total. The molecule has 0 saturated carbocycles. The van der Waals surface area contributed by atoms with Gasteiger partial charge in [-0.15, -0.1) is 0 Å². The fourth-order valence-electron chi connectivity index (χ4n) is 3.29. The van der Waals surface area contributed by atoms with E-state index in [1.165, 1.54) is 0 Å². The van der Waals surface area contributed by atoms with Crippen LogP contribution in [0.25, 0.3) is 11.0 Å². The van der Waals surface area contributed by atoms with Crippen LogP contribution >= 0.6 is 0 Å². The lowest BCUT2D eigenvalue weighted by atomic mass is 10.1. The largest absolute Gasteiger partial charge is 0.365 e. The summed E-state index contributed by atoms with van der Waals surface area (Å²) in [7, 11) is 1.89. The van der Waals surface area contributed by atoms with Crippen LogP contribution in [0.5, 0.6) is 0 Å². The van der Waals surface area contributed by atoms with Crippen molar-refractivity contribution in [2.45, 2.75) is 38.8 Å². The Labute approximate surface area is 145 Å². The highest BCUT2D eigenvalue weighted by molar-refractivity contribution is 5.86. The molecule has 0 bridgehead atoms. The number of nitrogens with one attached hydrogen (secondary N) is 1. The van der Waals surface area contributed by atoms with E-state index < -0.39 is 0 Å². The summed E-state index contributed by atoms with van der Waals surface area (Å²) in [5.41, 5.74) is 0.837. The Balaban J connectivity index is 1.44. The number of rotatable bonds is 5. The minimum Gasteiger partial charge on any atom is -0.365 e. The number of hydrogen-bond acceptors (Lipinski definition) is 8. The quantitative estimate of drug-likeness (QED) is 0.743. The van der Waals surface area contributed by atoms with Crippen molar-refractivity contribution in [3.05, 3.63) is 24.2 Å². The van der Waals surface area contributed by atoms with Crippen molar-refractivity contribution in [2.24, 2.45) is 7.05 Å². The molecule has 1 aliphatic heterocycles. The molecule has 0 aromatic carbocycles. The summed E-state index contributed by atoms with van der Waals surface area (Å²) in [5, 5.41) is 12.8. The summed E-state index contributed by atoms with van der Waals surface area (Å²) in [4.78, 5) is 15.4. The summed E-state index contributed by atoms with van der Waals surface area (Å²) in [6.45, 7) is 4.69. The van der Waals surface area contributed by atoms with Gasteiger partial charge in [0.1, 0.15) is 12.1 Å². The Morgan fingerprint density at radius 2 is 2.28 bits per heavy atom. The highest BCUT2D eigenvalue weighted by atomic mass is 16.5. The van der Waals surface area contributed by atoms with Crippen LogP contribution in [0.2, 0.25) is 0 Å². The minimum absolute atomic E-state index is 0.324. The van der Waals surface area contributed by atoms with Gasteiger partial charge in [-0.2, -0.15) is 10.1 Å². The number of fused-ring (bicyclic) bond motifs is 1. The van der Waals surface area contributed by atoms with Gasteiger partial charge in [-0.1, -0.05) is 12.1 Å². The average molecular weight is 342 g/mol. The van der Waals surface area contributed by atoms with Crippen LogP contribution < -0.4 is 5.32 Å². The maximum absolute atomic E-state index is 5.20. The van der Waals surface area contributed by atoms with Crippen LogP contribution in [0, 0.1) is 0 Å². The van der Waals surface area contributed by atoms with E-state index in [0.29, 0.717) is 18.5 Å². The molecule has 0 unspecified atom stereocenters. The van der Waals surface area contributed by atoms with E-state index in [4.69, 9.17) is 4.52 Å². The Hall–Kier alpha value is -2.55. The van der Waals surface area contributed by atoms with E-state index in [2.05, 4.69) is 35.4 Å². The second-order valence-corrected chi connectivity index (χ2v) is 6.40. The zero-order valence-electron chi connectivity index (χ0n) is 14.5. The monoisotopic (exact) mass is 342 g/mol. The highest BCUT2D eigenvalue weighted by Crippen LogP contribution is 2.21.